The Hall–Kier alpha value is -5.28. The summed E-state index contributed by atoms with van der Waals surface area (Å²) in [5.74, 6) is 0. The highest BCUT2D eigenvalue weighted by Gasteiger charge is 2.26. The summed E-state index contributed by atoms with van der Waals surface area (Å²) in [7, 11) is 0. The smallest absolute Gasteiger partial charge is 0.136 e. The van der Waals surface area contributed by atoms with Gasteiger partial charge in [0, 0.05) is 53.9 Å². The summed E-state index contributed by atoms with van der Waals surface area (Å²) in [4.78, 5) is 0. The molecule has 0 aliphatic rings. The Morgan fingerprint density at radius 3 is 1.92 bits per heavy atom. The van der Waals surface area contributed by atoms with Gasteiger partial charge in [-0.1, -0.05) is 72.8 Å². The summed E-state index contributed by atoms with van der Waals surface area (Å²) in [5, 5.41) is 12.9. The van der Waals surface area contributed by atoms with Crippen LogP contribution in [0.25, 0.3) is 98.1 Å². The van der Waals surface area contributed by atoms with Crippen LogP contribution in [-0.2, 0) is 0 Å². The summed E-state index contributed by atoms with van der Waals surface area (Å²) < 4.78 is 11.3. The third-order valence-corrected chi connectivity index (χ3v) is 9.15. The molecule has 0 atom stereocenters. The summed E-state index contributed by atoms with van der Waals surface area (Å²) in [6.07, 6.45) is 0. The van der Waals surface area contributed by atoms with Crippen LogP contribution in [0, 0.1) is 0 Å². The van der Waals surface area contributed by atoms with E-state index >= 15 is 0 Å². The fraction of sp³-hybridized carbons (Fsp3) is 0. The topological polar surface area (TPSA) is 22.0 Å². The third-order valence-electron chi connectivity index (χ3n) is 9.15. The molecule has 5 aromatic heterocycles. The van der Waals surface area contributed by atoms with Crippen molar-refractivity contribution in [2.75, 3.05) is 0 Å². The zero-order valence-electron chi connectivity index (χ0n) is 20.7. The van der Waals surface area contributed by atoms with E-state index in [2.05, 4.69) is 118 Å². The van der Waals surface area contributed by atoms with Crippen molar-refractivity contribution in [3.63, 3.8) is 0 Å². The summed E-state index contributed by atoms with van der Waals surface area (Å²) in [6, 6.07) is 39.8. The monoisotopic (exact) mass is 494 g/mol. The van der Waals surface area contributed by atoms with E-state index in [1.807, 2.05) is 0 Å². The van der Waals surface area contributed by atoms with Crippen molar-refractivity contribution in [2.45, 2.75) is 0 Å². The minimum atomic E-state index is 0.935. The predicted octanol–water partition coefficient (Wildman–Crippen LogP) is 9.89. The van der Waals surface area contributed by atoms with Crippen LogP contribution >= 0.6 is 0 Å². The van der Waals surface area contributed by atoms with E-state index in [0.29, 0.717) is 0 Å². The molecule has 3 nitrogen and oxygen atoms in total. The molecule has 0 fully saturated rings. The van der Waals surface area contributed by atoms with Crippen LogP contribution in [0.4, 0.5) is 0 Å². The Balaban J connectivity index is 1.55. The standard InChI is InChI=1S/C36H18N2O/c1-4-13-25-19(8-1)20-11-7-12-23-31-28(38(25)35(20)23)18-24-32-27(37-26-14-5-2-9-21(26)34(31)36(24)37)16-17-30-33(32)22-10-3-6-15-29(22)39-30/h1-18H. The van der Waals surface area contributed by atoms with Crippen LogP contribution in [0.15, 0.2) is 114 Å². The van der Waals surface area contributed by atoms with Gasteiger partial charge in [0.05, 0.1) is 33.1 Å². The van der Waals surface area contributed by atoms with Gasteiger partial charge in [-0.2, -0.15) is 0 Å². The molecule has 0 aliphatic heterocycles. The van der Waals surface area contributed by atoms with Crippen LogP contribution in [0.1, 0.15) is 0 Å². The first kappa shape index (κ1) is 18.9. The quantitative estimate of drug-likeness (QED) is 0.206. The number of furan rings is 1. The minimum absolute atomic E-state index is 0.935. The lowest BCUT2D eigenvalue weighted by atomic mass is 9.99. The van der Waals surface area contributed by atoms with Gasteiger partial charge in [0.15, 0.2) is 0 Å². The number of fused-ring (bicyclic) bond motifs is 17. The number of para-hydroxylation sites is 4. The van der Waals surface area contributed by atoms with E-state index in [0.717, 1.165) is 11.2 Å². The predicted molar refractivity (Wildman–Crippen MR) is 163 cm³/mol. The first-order valence-corrected chi connectivity index (χ1v) is 13.5. The highest BCUT2D eigenvalue weighted by atomic mass is 16.3. The van der Waals surface area contributed by atoms with Gasteiger partial charge in [0.2, 0.25) is 0 Å². The Kier molecular flexibility index (Phi) is 2.93. The molecule has 5 heterocycles. The molecule has 39 heavy (non-hydrogen) atoms. The highest BCUT2D eigenvalue weighted by Crippen LogP contribution is 2.49. The van der Waals surface area contributed by atoms with E-state index in [1.54, 1.807) is 0 Å². The largest absolute Gasteiger partial charge is 0.456 e. The van der Waals surface area contributed by atoms with Gasteiger partial charge >= 0.3 is 0 Å². The van der Waals surface area contributed by atoms with Gasteiger partial charge in [-0.3, -0.25) is 0 Å². The molecule has 11 rings (SSSR count). The average Bonchev–Trinajstić information content (AvgIpc) is 3.76. The van der Waals surface area contributed by atoms with Crippen molar-refractivity contribution < 1.29 is 4.42 Å². The number of nitrogens with zero attached hydrogens (tertiary/aromatic N) is 2. The van der Waals surface area contributed by atoms with E-state index < -0.39 is 0 Å². The van der Waals surface area contributed by atoms with Gasteiger partial charge < -0.3 is 13.2 Å². The molecular weight excluding hydrogens is 476 g/mol. The first-order chi connectivity index (χ1) is 19.4. The van der Waals surface area contributed by atoms with E-state index in [9.17, 15) is 0 Å². The maximum absolute atomic E-state index is 6.36. The van der Waals surface area contributed by atoms with Crippen molar-refractivity contribution in [3.05, 3.63) is 109 Å². The normalized spacial score (nSPS) is 13.1. The first-order valence-electron chi connectivity index (χ1n) is 13.5. The Labute approximate surface area is 220 Å². The lowest BCUT2D eigenvalue weighted by Gasteiger charge is -2.02. The number of rotatable bonds is 0. The molecule has 0 spiro atoms. The van der Waals surface area contributed by atoms with Crippen molar-refractivity contribution in [3.8, 4) is 0 Å². The van der Waals surface area contributed by atoms with Crippen LogP contribution < -0.4 is 0 Å². The van der Waals surface area contributed by atoms with Crippen molar-refractivity contribution in [1.82, 2.24) is 8.80 Å². The van der Waals surface area contributed by atoms with Gasteiger partial charge in [-0.05, 0) is 36.4 Å². The zero-order valence-corrected chi connectivity index (χ0v) is 20.7. The molecule has 3 heteroatoms. The molecule has 0 amide bonds. The summed E-state index contributed by atoms with van der Waals surface area (Å²) in [5.41, 5.74) is 9.51. The molecule has 0 saturated carbocycles. The SMILES string of the molecule is c1ccc2c(c1)oc1ccc3c(c4cc5c(c6cccc7c8ccccc8n5c76)c5c6ccccc6n3c45)c12. The van der Waals surface area contributed by atoms with E-state index in [4.69, 9.17) is 4.42 Å². The van der Waals surface area contributed by atoms with Gasteiger partial charge in [-0.15, -0.1) is 0 Å². The lowest BCUT2D eigenvalue weighted by Crippen LogP contribution is -1.81. The number of benzene rings is 6. The number of aromatic nitrogens is 2. The fourth-order valence-electron chi connectivity index (χ4n) is 7.78. The average molecular weight is 495 g/mol. The summed E-state index contributed by atoms with van der Waals surface area (Å²) >= 11 is 0. The molecule has 0 saturated heterocycles. The molecule has 0 unspecified atom stereocenters. The molecule has 0 bridgehead atoms. The lowest BCUT2D eigenvalue weighted by molar-refractivity contribution is 0.669. The number of hydrogen-bond acceptors (Lipinski definition) is 1. The summed E-state index contributed by atoms with van der Waals surface area (Å²) in [6.45, 7) is 0. The van der Waals surface area contributed by atoms with Gasteiger partial charge in [-0.25, -0.2) is 0 Å². The van der Waals surface area contributed by atoms with Crippen molar-refractivity contribution >= 4 is 98.1 Å². The highest BCUT2D eigenvalue weighted by molar-refractivity contribution is 6.40. The minimum Gasteiger partial charge on any atom is -0.456 e. The Morgan fingerprint density at radius 2 is 1.03 bits per heavy atom. The second kappa shape index (κ2) is 6.06. The Bertz CT molecular complexity index is 2820. The molecule has 0 N–H and O–H groups in total. The van der Waals surface area contributed by atoms with Crippen LogP contribution in [0.5, 0.6) is 0 Å². The molecule has 11 aromatic rings. The molecule has 6 aromatic carbocycles. The van der Waals surface area contributed by atoms with Crippen LogP contribution in [-0.4, -0.2) is 8.80 Å². The zero-order chi connectivity index (χ0) is 25.0. The van der Waals surface area contributed by atoms with Gasteiger partial charge in [0.25, 0.3) is 0 Å². The van der Waals surface area contributed by atoms with E-state index in [1.165, 1.54) is 87.0 Å². The fourth-order valence-corrected chi connectivity index (χ4v) is 7.78. The van der Waals surface area contributed by atoms with E-state index in [-0.39, 0.29) is 0 Å². The molecular formula is C36H18N2O. The molecule has 0 radical (unpaired) electrons. The van der Waals surface area contributed by atoms with Gasteiger partial charge in [0.1, 0.15) is 11.2 Å². The second-order valence-corrected chi connectivity index (χ2v) is 10.9. The molecule has 178 valence electrons. The Morgan fingerprint density at radius 1 is 0.359 bits per heavy atom. The van der Waals surface area contributed by atoms with Crippen molar-refractivity contribution in [2.24, 2.45) is 0 Å². The third kappa shape index (κ3) is 1.92. The number of hydrogen-bond donors (Lipinski definition) is 0. The van der Waals surface area contributed by atoms with Crippen LogP contribution in [0.2, 0.25) is 0 Å². The maximum atomic E-state index is 6.36. The second-order valence-electron chi connectivity index (χ2n) is 10.9. The maximum Gasteiger partial charge on any atom is 0.136 e. The van der Waals surface area contributed by atoms with Crippen LogP contribution in [0.3, 0.4) is 0 Å². The van der Waals surface area contributed by atoms with Crippen molar-refractivity contribution in [1.29, 1.82) is 0 Å². The molecule has 0 aliphatic carbocycles.